The van der Waals surface area contributed by atoms with Gasteiger partial charge < -0.3 is 5.32 Å². The van der Waals surface area contributed by atoms with Crippen LogP contribution in [0.15, 0.2) is 48.5 Å². The van der Waals surface area contributed by atoms with Crippen molar-refractivity contribution in [3.8, 4) is 5.69 Å². The lowest BCUT2D eigenvalue weighted by atomic mass is 10.0. The highest BCUT2D eigenvalue weighted by molar-refractivity contribution is 8.00. The summed E-state index contributed by atoms with van der Waals surface area (Å²) in [7, 11) is 0. The number of hydrogen-bond donors (Lipinski definition) is 1. The van der Waals surface area contributed by atoms with Crippen LogP contribution in [0.4, 0.5) is 5.82 Å². The van der Waals surface area contributed by atoms with Crippen LogP contribution in [0, 0.1) is 20.8 Å². The minimum absolute atomic E-state index is 0.0136. The molecule has 0 saturated carbocycles. The SMILES string of the molecule is Cc1ccc(-n2nc(C)c3c2NC(=O)CSC3c2cccc(C)c2)cc1. The van der Waals surface area contributed by atoms with Crippen LogP contribution in [-0.4, -0.2) is 21.4 Å². The second-order valence-electron chi connectivity index (χ2n) is 6.75. The van der Waals surface area contributed by atoms with Crippen molar-refractivity contribution in [2.24, 2.45) is 0 Å². The van der Waals surface area contributed by atoms with Gasteiger partial charge in [0.25, 0.3) is 0 Å². The molecular weight excluding hydrogens is 342 g/mol. The maximum Gasteiger partial charge on any atom is 0.235 e. The molecule has 1 atom stereocenters. The van der Waals surface area contributed by atoms with E-state index in [2.05, 4.69) is 55.6 Å². The Morgan fingerprint density at radius 1 is 1.08 bits per heavy atom. The third-order valence-corrected chi connectivity index (χ3v) is 5.90. The summed E-state index contributed by atoms with van der Waals surface area (Å²) in [5, 5.41) is 7.92. The standard InChI is InChI=1S/C21H21N3OS/c1-13-7-9-17(10-8-13)24-21-19(15(3)23-24)20(26-12-18(25)22-21)16-6-4-5-14(2)11-16/h4-11,20H,12H2,1-3H3,(H,22,25). The number of hydrogen-bond acceptors (Lipinski definition) is 3. The summed E-state index contributed by atoms with van der Waals surface area (Å²) in [5.41, 5.74) is 6.61. The van der Waals surface area contributed by atoms with E-state index < -0.39 is 0 Å². The molecule has 1 aromatic heterocycles. The normalized spacial score (nSPS) is 16.7. The van der Waals surface area contributed by atoms with Gasteiger partial charge in [-0.15, -0.1) is 11.8 Å². The Labute approximate surface area is 157 Å². The first-order valence-corrected chi connectivity index (χ1v) is 9.72. The lowest BCUT2D eigenvalue weighted by Crippen LogP contribution is -2.15. The summed E-state index contributed by atoms with van der Waals surface area (Å²) in [6, 6.07) is 16.7. The Balaban J connectivity index is 1.89. The molecular formula is C21H21N3OS. The largest absolute Gasteiger partial charge is 0.310 e. The first-order chi connectivity index (χ1) is 12.5. The third-order valence-electron chi connectivity index (χ3n) is 4.63. The Kier molecular flexibility index (Phi) is 4.32. The third kappa shape index (κ3) is 3.03. The molecule has 132 valence electrons. The van der Waals surface area contributed by atoms with Gasteiger partial charge in [0.15, 0.2) is 0 Å². The Morgan fingerprint density at radius 3 is 2.58 bits per heavy atom. The first-order valence-electron chi connectivity index (χ1n) is 8.67. The van der Waals surface area contributed by atoms with Crippen LogP contribution in [0.5, 0.6) is 0 Å². The van der Waals surface area contributed by atoms with Gasteiger partial charge in [0, 0.05) is 5.56 Å². The molecule has 0 bridgehead atoms. The molecule has 1 aliphatic rings. The number of aryl methyl sites for hydroxylation is 3. The summed E-state index contributed by atoms with van der Waals surface area (Å²) in [6.45, 7) is 6.17. The second-order valence-corrected chi connectivity index (χ2v) is 7.84. The fraction of sp³-hybridized carbons (Fsp3) is 0.238. The number of amides is 1. The Morgan fingerprint density at radius 2 is 1.85 bits per heavy atom. The minimum Gasteiger partial charge on any atom is -0.310 e. The first kappa shape index (κ1) is 16.9. The molecule has 0 saturated heterocycles. The Bertz CT molecular complexity index is 975. The molecule has 0 fully saturated rings. The highest BCUT2D eigenvalue weighted by Crippen LogP contribution is 2.43. The molecule has 2 aromatic carbocycles. The van der Waals surface area contributed by atoms with E-state index in [1.165, 1.54) is 16.7 Å². The molecule has 1 amide bonds. The predicted molar refractivity (Wildman–Crippen MR) is 107 cm³/mol. The van der Waals surface area contributed by atoms with Gasteiger partial charge in [-0.3, -0.25) is 4.79 Å². The number of fused-ring (bicyclic) bond motifs is 1. The lowest BCUT2D eigenvalue weighted by Gasteiger charge is -2.16. The van der Waals surface area contributed by atoms with E-state index in [9.17, 15) is 4.79 Å². The van der Waals surface area contributed by atoms with Crippen molar-refractivity contribution >= 4 is 23.5 Å². The molecule has 5 heteroatoms. The molecule has 1 aliphatic heterocycles. The van der Waals surface area contributed by atoms with E-state index in [1.807, 2.05) is 23.7 Å². The molecule has 3 aromatic rings. The van der Waals surface area contributed by atoms with E-state index in [-0.39, 0.29) is 11.2 Å². The van der Waals surface area contributed by atoms with Crippen LogP contribution in [0.1, 0.15) is 33.2 Å². The van der Waals surface area contributed by atoms with E-state index in [4.69, 9.17) is 5.10 Å². The molecule has 4 rings (SSSR count). The molecule has 1 N–H and O–H groups in total. The van der Waals surface area contributed by atoms with Crippen molar-refractivity contribution in [2.75, 3.05) is 11.1 Å². The maximum absolute atomic E-state index is 12.4. The van der Waals surface area contributed by atoms with Crippen LogP contribution in [0.3, 0.4) is 0 Å². The number of benzene rings is 2. The van der Waals surface area contributed by atoms with Gasteiger partial charge in [0.2, 0.25) is 5.91 Å². The number of anilines is 1. The molecule has 1 unspecified atom stereocenters. The zero-order chi connectivity index (χ0) is 18.3. The van der Waals surface area contributed by atoms with Gasteiger partial charge in [-0.2, -0.15) is 5.10 Å². The van der Waals surface area contributed by atoms with Gasteiger partial charge in [-0.1, -0.05) is 47.5 Å². The van der Waals surface area contributed by atoms with Crippen LogP contribution < -0.4 is 5.32 Å². The number of rotatable bonds is 2. The highest BCUT2D eigenvalue weighted by Gasteiger charge is 2.30. The zero-order valence-corrected chi connectivity index (χ0v) is 15.9. The quantitative estimate of drug-likeness (QED) is 0.725. The van der Waals surface area contributed by atoms with Crippen molar-refractivity contribution in [3.05, 3.63) is 76.5 Å². The van der Waals surface area contributed by atoms with Crippen LogP contribution in [-0.2, 0) is 4.79 Å². The number of carbonyl (C=O) groups is 1. The summed E-state index contributed by atoms with van der Waals surface area (Å²) in [6.07, 6.45) is 0. The van der Waals surface area contributed by atoms with Gasteiger partial charge in [-0.25, -0.2) is 4.68 Å². The van der Waals surface area contributed by atoms with Gasteiger partial charge in [-0.05, 0) is 38.5 Å². The summed E-state index contributed by atoms with van der Waals surface area (Å²) >= 11 is 1.66. The monoisotopic (exact) mass is 363 g/mol. The summed E-state index contributed by atoms with van der Waals surface area (Å²) < 4.78 is 1.86. The Hall–Kier alpha value is -2.53. The fourth-order valence-corrected chi connectivity index (χ4v) is 4.53. The second kappa shape index (κ2) is 6.65. The van der Waals surface area contributed by atoms with Crippen LogP contribution in [0.2, 0.25) is 0 Å². The van der Waals surface area contributed by atoms with E-state index in [0.29, 0.717) is 5.75 Å². The summed E-state index contributed by atoms with van der Waals surface area (Å²) in [5.74, 6) is 1.23. The number of carbonyl (C=O) groups excluding carboxylic acids is 1. The van der Waals surface area contributed by atoms with E-state index in [0.717, 1.165) is 22.8 Å². The topological polar surface area (TPSA) is 46.9 Å². The van der Waals surface area contributed by atoms with Crippen molar-refractivity contribution in [3.63, 3.8) is 0 Å². The van der Waals surface area contributed by atoms with Crippen molar-refractivity contribution in [2.45, 2.75) is 26.0 Å². The molecule has 4 nitrogen and oxygen atoms in total. The summed E-state index contributed by atoms with van der Waals surface area (Å²) in [4.78, 5) is 12.4. The smallest absolute Gasteiger partial charge is 0.235 e. The fourth-order valence-electron chi connectivity index (χ4n) is 3.35. The van der Waals surface area contributed by atoms with E-state index in [1.54, 1.807) is 11.8 Å². The van der Waals surface area contributed by atoms with Crippen molar-refractivity contribution in [1.82, 2.24) is 9.78 Å². The number of nitrogens with zero attached hydrogens (tertiary/aromatic N) is 2. The lowest BCUT2D eigenvalue weighted by molar-refractivity contribution is -0.113. The van der Waals surface area contributed by atoms with Crippen molar-refractivity contribution in [1.29, 1.82) is 0 Å². The van der Waals surface area contributed by atoms with Crippen molar-refractivity contribution < 1.29 is 4.79 Å². The number of aromatic nitrogens is 2. The molecule has 0 spiro atoms. The van der Waals surface area contributed by atoms with Crippen LogP contribution in [0.25, 0.3) is 5.69 Å². The maximum atomic E-state index is 12.4. The zero-order valence-electron chi connectivity index (χ0n) is 15.1. The molecule has 26 heavy (non-hydrogen) atoms. The molecule has 0 radical (unpaired) electrons. The van der Waals surface area contributed by atoms with Gasteiger partial charge >= 0.3 is 0 Å². The van der Waals surface area contributed by atoms with Crippen LogP contribution >= 0.6 is 11.8 Å². The molecule has 2 heterocycles. The van der Waals surface area contributed by atoms with Gasteiger partial charge in [0.05, 0.1) is 22.4 Å². The average Bonchev–Trinajstić information content (AvgIpc) is 2.82. The minimum atomic E-state index is 0.0136. The number of nitrogens with one attached hydrogen (secondary N) is 1. The molecule has 0 aliphatic carbocycles. The number of thioether (sulfide) groups is 1. The average molecular weight is 363 g/mol. The predicted octanol–water partition coefficient (Wildman–Crippen LogP) is 4.57. The van der Waals surface area contributed by atoms with Gasteiger partial charge in [0.1, 0.15) is 5.82 Å². The van der Waals surface area contributed by atoms with E-state index >= 15 is 0 Å². The highest BCUT2D eigenvalue weighted by atomic mass is 32.2.